The second kappa shape index (κ2) is 5.00. The summed E-state index contributed by atoms with van der Waals surface area (Å²) in [5.74, 6) is 3.23. The van der Waals surface area contributed by atoms with Crippen molar-refractivity contribution in [3.63, 3.8) is 0 Å². The van der Waals surface area contributed by atoms with E-state index in [0.29, 0.717) is 11.8 Å². The van der Waals surface area contributed by atoms with Crippen molar-refractivity contribution in [3.05, 3.63) is 11.6 Å². The molecule has 2 aliphatic rings. The number of nitrogens with two attached hydrogens (primary N) is 1. The zero-order chi connectivity index (χ0) is 12.5. The first kappa shape index (κ1) is 12.2. The molecule has 0 radical (unpaired) electrons. The van der Waals surface area contributed by atoms with Gasteiger partial charge >= 0.3 is 0 Å². The molecule has 2 atom stereocenters. The van der Waals surface area contributed by atoms with Gasteiger partial charge in [-0.05, 0) is 25.7 Å². The maximum absolute atomic E-state index is 6.19. The third kappa shape index (κ3) is 2.18. The normalized spacial score (nSPS) is 29.9. The molecule has 4 heteroatoms. The van der Waals surface area contributed by atoms with E-state index in [0.717, 1.165) is 18.1 Å². The monoisotopic (exact) mass is 248 g/mol. The van der Waals surface area contributed by atoms with Gasteiger partial charge in [-0.25, -0.2) is 4.98 Å². The van der Waals surface area contributed by atoms with Crippen molar-refractivity contribution < 1.29 is 0 Å². The second-order valence-electron chi connectivity index (χ2n) is 5.99. The third-order valence-electron chi connectivity index (χ3n) is 4.68. The summed E-state index contributed by atoms with van der Waals surface area (Å²) in [7, 11) is 2.03. The molecule has 3 rings (SSSR count). The number of nitrogens with zero attached hydrogens (tertiary/aromatic N) is 3. The van der Waals surface area contributed by atoms with Crippen molar-refractivity contribution in [1.82, 2.24) is 14.8 Å². The molecule has 0 aliphatic heterocycles. The minimum absolute atomic E-state index is 0.284. The Kier molecular flexibility index (Phi) is 3.37. The number of hydrogen-bond acceptors (Lipinski definition) is 3. The summed E-state index contributed by atoms with van der Waals surface area (Å²) in [5.41, 5.74) is 6.19. The number of rotatable bonds is 2. The number of aryl methyl sites for hydroxylation is 1. The largest absolute Gasteiger partial charge is 0.327 e. The van der Waals surface area contributed by atoms with Gasteiger partial charge in [-0.3, -0.25) is 4.68 Å². The van der Waals surface area contributed by atoms with E-state index in [1.165, 1.54) is 44.9 Å². The molecule has 0 amide bonds. The van der Waals surface area contributed by atoms with Gasteiger partial charge in [0.2, 0.25) is 0 Å². The first-order valence-corrected chi connectivity index (χ1v) is 7.42. The van der Waals surface area contributed by atoms with Gasteiger partial charge in [0.25, 0.3) is 0 Å². The summed E-state index contributed by atoms with van der Waals surface area (Å²) in [4.78, 5) is 4.84. The zero-order valence-electron chi connectivity index (χ0n) is 11.3. The molecule has 2 unspecified atom stereocenters. The van der Waals surface area contributed by atoms with Gasteiger partial charge in [0, 0.05) is 24.9 Å². The van der Waals surface area contributed by atoms with Gasteiger partial charge in [0.05, 0.1) is 0 Å². The molecule has 0 aromatic carbocycles. The van der Waals surface area contributed by atoms with Gasteiger partial charge < -0.3 is 5.73 Å². The molecule has 100 valence electrons. The highest BCUT2D eigenvalue weighted by Gasteiger charge is 2.30. The summed E-state index contributed by atoms with van der Waals surface area (Å²) >= 11 is 0. The van der Waals surface area contributed by atoms with E-state index < -0.39 is 0 Å². The van der Waals surface area contributed by atoms with Crippen molar-refractivity contribution in [1.29, 1.82) is 0 Å². The molecule has 2 aliphatic carbocycles. The molecule has 2 fully saturated rings. The Morgan fingerprint density at radius 2 is 1.83 bits per heavy atom. The van der Waals surface area contributed by atoms with Crippen LogP contribution in [-0.2, 0) is 7.05 Å². The van der Waals surface area contributed by atoms with E-state index in [9.17, 15) is 0 Å². The zero-order valence-corrected chi connectivity index (χ0v) is 11.3. The lowest BCUT2D eigenvalue weighted by atomic mass is 9.89. The minimum Gasteiger partial charge on any atom is -0.327 e. The molecule has 1 aromatic rings. The predicted octanol–water partition coefficient (Wildman–Crippen LogP) is 2.46. The average Bonchev–Trinajstić information content (AvgIpc) is 2.96. The van der Waals surface area contributed by atoms with Crippen LogP contribution in [0.3, 0.4) is 0 Å². The van der Waals surface area contributed by atoms with E-state index in [1.807, 2.05) is 11.7 Å². The Morgan fingerprint density at radius 1 is 1.06 bits per heavy atom. The second-order valence-corrected chi connectivity index (χ2v) is 5.99. The summed E-state index contributed by atoms with van der Waals surface area (Å²) < 4.78 is 1.99. The van der Waals surface area contributed by atoms with Gasteiger partial charge in [-0.2, -0.15) is 5.10 Å². The molecule has 2 saturated carbocycles. The van der Waals surface area contributed by atoms with E-state index >= 15 is 0 Å². The molecule has 0 saturated heterocycles. The van der Waals surface area contributed by atoms with Crippen LogP contribution < -0.4 is 5.73 Å². The van der Waals surface area contributed by atoms with Crippen molar-refractivity contribution in [2.45, 2.75) is 69.2 Å². The van der Waals surface area contributed by atoms with Gasteiger partial charge in [0.15, 0.2) is 5.82 Å². The Morgan fingerprint density at radius 3 is 2.50 bits per heavy atom. The third-order valence-corrected chi connectivity index (χ3v) is 4.68. The lowest BCUT2D eigenvalue weighted by molar-refractivity contribution is 0.427. The molecule has 0 bridgehead atoms. The first-order chi connectivity index (χ1) is 8.75. The van der Waals surface area contributed by atoms with Gasteiger partial charge in [0.1, 0.15) is 5.82 Å². The lowest BCUT2D eigenvalue weighted by Crippen LogP contribution is -2.25. The molecular formula is C14H24N4. The van der Waals surface area contributed by atoms with Gasteiger partial charge in [-0.1, -0.05) is 25.7 Å². The van der Waals surface area contributed by atoms with Crippen LogP contribution in [0.1, 0.15) is 74.9 Å². The topological polar surface area (TPSA) is 56.7 Å². The number of aromatic nitrogens is 3. The van der Waals surface area contributed by atoms with Crippen LogP contribution in [0.15, 0.2) is 0 Å². The van der Waals surface area contributed by atoms with Crippen molar-refractivity contribution in [3.8, 4) is 0 Å². The summed E-state index contributed by atoms with van der Waals surface area (Å²) in [6.07, 6.45) is 10.1. The smallest absolute Gasteiger partial charge is 0.154 e. The van der Waals surface area contributed by atoms with Crippen molar-refractivity contribution in [2.75, 3.05) is 0 Å². The Bertz CT molecular complexity index is 406. The van der Waals surface area contributed by atoms with E-state index in [4.69, 9.17) is 10.7 Å². The number of hydrogen-bond donors (Lipinski definition) is 1. The molecular weight excluding hydrogens is 224 g/mol. The van der Waals surface area contributed by atoms with Crippen LogP contribution in [0.2, 0.25) is 0 Å². The highest BCUT2D eigenvalue weighted by molar-refractivity contribution is 5.09. The minimum atomic E-state index is 0.284. The van der Waals surface area contributed by atoms with Crippen LogP contribution in [0.25, 0.3) is 0 Å². The lowest BCUT2D eigenvalue weighted by Gasteiger charge is -2.18. The Hall–Kier alpha value is -0.900. The molecule has 18 heavy (non-hydrogen) atoms. The Balaban J connectivity index is 1.81. The quantitative estimate of drug-likeness (QED) is 0.874. The van der Waals surface area contributed by atoms with E-state index in [2.05, 4.69) is 5.10 Å². The fourth-order valence-electron chi connectivity index (χ4n) is 3.58. The van der Waals surface area contributed by atoms with Crippen LogP contribution >= 0.6 is 0 Å². The summed E-state index contributed by atoms with van der Waals surface area (Å²) in [6.45, 7) is 0. The molecule has 0 spiro atoms. The van der Waals surface area contributed by atoms with E-state index in [-0.39, 0.29) is 6.04 Å². The SMILES string of the molecule is Cn1nc(C2CCCCC2)nc1C1CCCC1N. The highest BCUT2D eigenvalue weighted by Crippen LogP contribution is 2.35. The molecule has 4 nitrogen and oxygen atoms in total. The molecule has 1 aromatic heterocycles. The van der Waals surface area contributed by atoms with Crippen LogP contribution in [0.5, 0.6) is 0 Å². The standard InChI is InChI=1S/C14H24N4/c1-18-14(11-8-5-9-12(11)15)16-13(17-18)10-6-3-2-4-7-10/h10-12H,2-9,15H2,1H3. The van der Waals surface area contributed by atoms with E-state index in [1.54, 1.807) is 0 Å². The molecule has 2 N–H and O–H groups in total. The van der Waals surface area contributed by atoms with Crippen molar-refractivity contribution in [2.24, 2.45) is 12.8 Å². The predicted molar refractivity (Wildman–Crippen MR) is 71.4 cm³/mol. The fourth-order valence-corrected chi connectivity index (χ4v) is 3.58. The van der Waals surface area contributed by atoms with Gasteiger partial charge in [-0.15, -0.1) is 0 Å². The van der Waals surface area contributed by atoms with Crippen LogP contribution in [0, 0.1) is 0 Å². The van der Waals surface area contributed by atoms with Crippen LogP contribution in [0.4, 0.5) is 0 Å². The molecule has 1 heterocycles. The maximum Gasteiger partial charge on any atom is 0.154 e. The van der Waals surface area contributed by atoms with Crippen molar-refractivity contribution >= 4 is 0 Å². The average molecular weight is 248 g/mol. The summed E-state index contributed by atoms with van der Waals surface area (Å²) in [6, 6.07) is 0.284. The maximum atomic E-state index is 6.19. The fraction of sp³-hybridized carbons (Fsp3) is 0.857. The Labute approximate surface area is 109 Å². The first-order valence-electron chi connectivity index (χ1n) is 7.42. The van der Waals surface area contributed by atoms with Crippen LogP contribution in [-0.4, -0.2) is 20.8 Å². The summed E-state index contributed by atoms with van der Waals surface area (Å²) in [5, 5.41) is 4.66. The highest BCUT2D eigenvalue weighted by atomic mass is 15.3.